The van der Waals surface area contributed by atoms with Gasteiger partial charge in [0.05, 0.1) is 0 Å². The van der Waals surface area contributed by atoms with Gasteiger partial charge < -0.3 is 14.9 Å². The number of halogens is 3. The Morgan fingerprint density at radius 3 is 2.11 bits per heavy atom. The molecule has 1 aromatic carbocycles. The summed E-state index contributed by atoms with van der Waals surface area (Å²) in [5.74, 6) is -2.76. The SMILES string of the molecule is CN1C(=O)OC2(CCN(Cc3ccccc3)CC2)C1(C)O.O=C(O)C(F)(F)F. The van der Waals surface area contributed by atoms with Crippen LogP contribution in [0.3, 0.4) is 0 Å². The standard InChI is InChI=1S/C16H22N2O3.C2HF3O2/c1-15(20)16(21-14(19)17(15)2)8-10-18(11-9-16)12-13-6-4-3-5-7-13;3-2(4,5)1(6)7/h3-7,20H,8-12H2,1-2H3;(H,6,7). The molecule has 0 radical (unpaired) electrons. The number of nitrogens with zero attached hydrogens (tertiary/aromatic N) is 2. The maximum Gasteiger partial charge on any atom is 0.490 e. The predicted octanol–water partition coefficient (Wildman–Crippen LogP) is 2.45. The van der Waals surface area contributed by atoms with E-state index in [9.17, 15) is 23.1 Å². The van der Waals surface area contributed by atoms with Crippen LogP contribution in [0, 0.1) is 0 Å². The molecule has 1 atom stereocenters. The number of rotatable bonds is 2. The van der Waals surface area contributed by atoms with E-state index in [2.05, 4.69) is 17.0 Å². The second-order valence-corrected chi connectivity index (χ2v) is 7.01. The number of aliphatic hydroxyl groups is 1. The van der Waals surface area contributed by atoms with E-state index in [1.165, 1.54) is 10.5 Å². The van der Waals surface area contributed by atoms with Crippen molar-refractivity contribution in [3.05, 3.63) is 35.9 Å². The quantitative estimate of drug-likeness (QED) is 0.787. The lowest BCUT2D eigenvalue weighted by molar-refractivity contribution is -0.192. The molecular weight excluding hydrogens is 381 g/mol. The third kappa shape index (κ3) is 4.56. The van der Waals surface area contributed by atoms with Gasteiger partial charge in [-0.2, -0.15) is 13.2 Å². The minimum absolute atomic E-state index is 0.434. The summed E-state index contributed by atoms with van der Waals surface area (Å²) in [5, 5.41) is 17.8. The first-order valence-electron chi connectivity index (χ1n) is 8.65. The number of piperidine rings is 1. The molecule has 156 valence electrons. The first-order valence-corrected chi connectivity index (χ1v) is 8.65. The van der Waals surface area contributed by atoms with Crippen LogP contribution in [0.4, 0.5) is 18.0 Å². The molecule has 1 aromatic rings. The molecule has 1 unspecified atom stereocenters. The fraction of sp³-hybridized carbons (Fsp3) is 0.556. The highest BCUT2D eigenvalue weighted by Crippen LogP contribution is 2.43. The van der Waals surface area contributed by atoms with Crippen LogP contribution >= 0.6 is 0 Å². The molecule has 7 nitrogen and oxygen atoms in total. The minimum Gasteiger partial charge on any atom is -0.475 e. The van der Waals surface area contributed by atoms with Gasteiger partial charge in [0.1, 0.15) is 0 Å². The summed E-state index contributed by atoms with van der Waals surface area (Å²) in [6, 6.07) is 10.3. The zero-order valence-corrected chi connectivity index (χ0v) is 15.6. The second kappa shape index (κ2) is 7.96. The predicted molar refractivity (Wildman–Crippen MR) is 92.2 cm³/mol. The molecule has 2 fully saturated rings. The second-order valence-electron chi connectivity index (χ2n) is 7.01. The first-order chi connectivity index (χ1) is 12.9. The maximum atomic E-state index is 11.8. The molecule has 2 heterocycles. The summed E-state index contributed by atoms with van der Waals surface area (Å²) in [5.41, 5.74) is -0.727. The molecule has 0 aromatic heterocycles. The van der Waals surface area contributed by atoms with Gasteiger partial charge in [-0.05, 0) is 12.5 Å². The fourth-order valence-electron chi connectivity index (χ4n) is 3.31. The average molecular weight is 404 g/mol. The topological polar surface area (TPSA) is 90.3 Å². The number of ether oxygens (including phenoxy) is 1. The van der Waals surface area contributed by atoms with Gasteiger partial charge in [-0.3, -0.25) is 9.80 Å². The number of aliphatic carboxylic acids is 1. The van der Waals surface area contributed by atoms with Gasteiger partial charge in [0.15, 0.2) is 11.3 Å². The number of benzene rings is 1. The van der Waals surface area contributed by atoms with Crippen LogP contribution in [0.1, 0.15) is 25.3 Å². The summed E-state index contributed by atoms with van der Waals surface area (Å²) in [6.45, 7) is 4.19. The molecule has 28 heavy (non-hydrogen) atoms. The third-order valence-electron chi connectivity index (χ3n) is 5.23. The minimum atomic E-state index is -5.08. The van der Waals surface area contributed by atoms with Crippen molar-refractivity contribution >= 4 is 12.1 Å². The Morgan fingerprint density at radius 1 is 1.21 bits per heavy atom. The number of amides is 1. The molecule has 0 bridgehead atoms. The lowest BCUT2D eigenvalue weighted by Gasteiger charge is -2.44. The van der Waals surface area contributed by atoms with Crippen molar-refractivity contribution in [2.45, 2.75) is 43.8 Å². The van der Waals surface area contributed by atoms with Crippen LogP contribution in [0.15, 0.2) is 30.3 Å². The smallest absolute Gasteiger partial charge is 0.475 e. The van der Waals surface area contributed by atoms with Gasteiger partial charge in [-0.25, -0.2) is 9.59 Å². The number of carbonyl (C=O) groups excluding carboxylic acids is 1. The first kappa shape index (κ1) is 22.0. The molecule has 2 aliphatic rings. The normalized spacial score (nSPS) is 24.5. The van der Waals surface area contributed by atoms with Crippen molar-refractivity contribution in [3.8, 4) is 0 Å². The average Bonchev–Trinajstić information content (AvgIpc) is 2.78. The molecular formula is C18H23F3N2O5. The zero-order valence-electron chi connectivity index (χ0n) is 15.6. The Bertz CT molecular complexity index is 701. The van der Waals surface area contributed by atoms with Crippen LogP contribution in [-0.2, 0) is 16.1 Å². The zero-order chi connectivity index (χ0) is 21.2. The van der Waals surface area contributed by atoms with Crippen molar-refractivity contribution in [2.75, 3.05) is 20.1 Å². The Kier molecular flexibility index (Phi) is 6.24. The number of hydrogen-bond donors (Lipinski definition) is 2. The molecule has 3 rings (SSSR count). The summed E-state index contributed by atoms with van der Waals surface area (Å²) < 4.78 is 37.3. The Morgan fingerprint density at radius 2 is 1.71 bits per heavy atom. The molecule has 2 saturated heterocycles. The molecule has 2 aliphatic heterocycles. The summed E-state index contributed by atoms with van der Waals surface area (Å²) >= 11 is 0. The number of hydrogen-bond acceptors (Lipinski definition) is 5. The van der Waals surface area contributed by atoms with E-state index in [1.807, 2.05) is 18.2 Å². The molecule has 0 saturated carbocycles. The third-order valence-corrected chi connectivity index (χ3v) is 5.23. The van der Waals surface area contributed by atoms with E-state index < -0.39 is 29.6 Å². The van der Waals surface area contributed by atoms with Crippen LogP contribution in [0.25, 0.3) is 0 Å². The number of carbonyl (C=O) groups is 2. The van der Waals surface area contributed by atoms with Gasteiger partial charge in [-0.15, -0.1) is 0 Å². The number of alkyl halides is 3. The molecule has 2 N–H and O–H groups in total. The van der Waals surface area contributed by atoms with Crippen molar-refractivity contribution in [3.63, 3.8) is 0 Å². The van der Waals surface area contributed by atoms with E-state index in [1.54, 1.807) is 14.0 Å². The van der Waals surface area contributed by atoms with Crippen LogP contribution in [-0.4, -0.2) is 69.7 Å². The van der Waals surface area contributed by atoms with Crippen LogP contribution in [0.5, 0.6) is 0 Å². The van der Waals surface area contributed by atoms with Crippen LogP contribution < -0.4 is 0 Å². The van der Waals surface area contributed by atoms with E-state index in [0.29, 0.717) is 12.8 Å². The van der Waals surface area contributed by atoms with E-state index in [0.717, 1.165) is 19.6 Å². The van der Waals surface area contributed by atoms with Crippen molar-refractivity contribution in [1.29, 1.82) is 0 Å². The lowest BCUT2D eigenvalue weighted by atomic mass is 9.82. The van der Waals surface area contributed by atoms with Gasteiger partial charge in [0, 0.05) is 39.5 Å². The Hall–Kier alpha value is -2.33. The summed E-state index contributed by atoms with van der Waals surface area (Å²) in [7, 11) is 1.59. The summed E-state index contributed by atoms with van der Waals surface area (Å²) in [6.07, 6.45) is -4.21. The maximum absolute atomic E-state index is 11.8. The number of likely N-dealkylation sites (N-methyl/N-ethyl adjacent to an activating group) is 1. The fourth-order valence-corrected chi connectivity index (χ4v) is 3.31. The molecule has 10 heteroatoms. The molecule has 1 amide bonds. The number of carboxylic acids is 1. The van der Waals surface area contributed by atoms with Crippen molar-refractivity contribution in [2.24, 2.45) is 0 Å². The molecule has 1 spiro atoms. The van der Waals surface area contributed by atoms with E-state index in [-0.39, 0.29) is 0 Å². The van der Waals surface area contributed by atoms with Crippen molar-refractivity contribution in [1.82, 2.24) is 9.80 Å². The van der Waals surface area contributed by atoms with E-state index >= 15 is 0 Å². The van der Waals surface area contributed by atoms with E-state index in [4.69, 9.17) is 14.6 Å². The lowest BCUT2D eigenvalue weighted by Crippen LogP contribution is -2.59. The number of carboxylic acid groups (broad SMARTS) is 1. The number of likely N-dealkylation sites (tertiary alicyclic amines) is 1. The van der Waals surface area contributed by atoms with Crippen LogP contribution in [0.2, 0.25) is 0 Å². The van der Waals surface area contributed by atoms with Gasteiger partial charge in [0.2, 0.25) is 0 Å². The Labute approximate surface area is 160 Å². The Balaban J connectivity index is 0.000000345. The highest BCUT2D eigenvalue weighted by molar-refractivity contribution is 5.73. The van der Waals surface area contributed by atoms with Gasteiger partial charge in [-0.1, -0.05) is 30.3 Å². The monoisotopic (exact) mass is 404 g/mol. The van der Waals surface area contributed by atoms with Gasteiger partial charge >= 0.3 is 18.2 Å². The van der Waals surface area contributed by atoms with Gasteiger partial charge in [0.25, 0.3) is 0 Å². The summed E-state index contributed by atoms with van der Waals surface area (Å²) in [4.78, 5) is 24.3. The van der Waals surface area contributed by atoms with Crippen molar-refractivity contribution < 1.29 is 37.7 Å². The molecule has 0 aliphatic carbocycles. The highest BCUT2D eigenvalue weighted by Gasteiger charge is 2.61. The highest BCUT2D eigenvalue weighted by atomic mass is 19.4. The largest absolute Gasteiger partial charge is 0.490 e.